The Balaban J connectivity index is 1.96. The molecule has 2 aromatic carbocycles. The van der Waals surface area contributed by atoms with E-state index < -0.39 is 22.0 Å². The van der Waals surface area contributed by atoms with Crippen molar-refractivity contribution in [2.75, 3.05) is 6.61 Å². The van der Waals surface area contributed by atoms with Crippen LogP contribution in [0.3, 0.4) is 0 Å². The molecule has 150 valence electrons. The zero-order valence-electron chi connectivity index (χ0n) is 15.8. The second-order valence-electron chi connectivity index (χ2n) is 5.84. The lowest BCUT2D eigenvalue weighted by Crippen LogP contribution is -2.47. The van der Waals surface area contributed by atoms with E-state index in [1.165, 1.54) is 38.1 Å². The van der Waals surface area contributed by atoms with Crippen molar-refractivity contribution in [1.82, 2.24) is 10.3 Å². The topological polar surface area (TPSA) is 111 Å². The Morgan fingerprint density at radius 1 is 1.07 bits per heavy atom. The van der Waals surface area contributed by atoms with Crippen LogP contribution in [0.25, 0.3) is 0 Å². The van der Waals surface area contributed by atoms with Gasteiger partial charge < -0.3 is 9.47 Å². The number of benzene rings is 2. The molecule has 28 heavy (non-hydrogen) atoms. The summed E-state index contributed by atoms with van der Waals surface area (Å²) in [5.74, 6) is 0.161. The average molecular weight is 406 g/mol. The molecule has 0 bridgehead atoms. The predicted molar refractivity (Wildman–Crippen MR) is 103 cm³/mol. The van der Waals surface area contributed by atoms with Crippen molar-refractivity contribution < 1.29 is 27.5 Å². The van der Waals surface area contributed by atoms with Gasteiger partial charge in [-0.05, 0) is 57.2 Å². The van der Waals surface area contributed by atoms with Crippen molar-refractivity contribution in [3.63, 3.8) is 0 Å². The summed E-state index contributed by atoms with van der Waals surface area (Å²) >= 11 is 0. The zero-order valence-corrected chi connectivity index (χ0v) is 16.6. The molecule has 0 spiro atoms. The van der Waals surface area contributed by atoms with Crippen molar-refractivity contribution in [3.8, 4) is 11.5 Å². The lowest BCUT2D eigenvalue weighted by Gasteiger charge is -2.15. The van der Waals surface area contributed by atoms with Crippen molar-refractivity contribution >= 4 is 21.7 Å². The molecule has 8 nitrogen and oxygen atoms in total. The number of rotatable bonds is 9. The van der Waals surface area contributed by atoms with Crippen LogP contribution in [0.15, 0.2) is 53.4 Å². The van der Waals surface area contributed by atoms with Crippen molar-refractivity contribution in [2.24, 2.45) is 0 Å². The summed E-state index contributed by atoms with van der Waals surface area (Å²) in [6, 6.07) is 12.2. The molecule has 0 aliphatic heterocycles. The zero-order chi connectivity index (χ0) is 20.7. The van der Waals surface area contributed by atoms with E-state index in [1.807, 2.05) is 11.8 Å². The molecule has 9 heteroatoms. The van der Waals surface area contributed by atoms with Gasteiger partial charge in [0.25, 0.3) is 15.9 Å². The van der Waals surface area contributed by atoms with E-state index in [9.17, 15) is 18.0 Å². The lowest BCUT2D eigenvalue weighted by atomic mass is 10.2. The third-order valence-electron chi connectivity index (χ3n) is 3.68. The van der Waals surface area contributed by atoms with Gasteiger partial charge in [0.05, 0.1) is 11.5 Å². The molecule has 0 radical (unpaired) electrons. The molecule has 0 heterocycles. The minimum absolute atomic E-state index is 0.138. The lowest BCUT2D eigenvalue weighted by molar-refractivity contribution is -0.127. The molecule has 0 aliphatic carbocycles. The van der Waals surface area contributed by atoms with Crippen LogP contribution in [0.5, 0.6) is 11.5 Å². The highest BCUT2D eigenvalue weighted by molar-refractivity contribution is 7.89. The first-order valence-corrected chi connectivity index (χ1v) is 10.0. The van der Waals surface area contributed by atoms with E-state index in [0.717, 1.165) is 0 Å². The van der Waals surface area contributed by atoms with Gasteiger partial charge >= 0.3 is 0 Å². The molecular formula is C19H22N2O6S. The van der Waals surface area contributed by atoms with Crippen molar-refractivity contribution in [2.45, 2.75) is 31.8 Å². The molecule has 1 amide bonds. The van der Waals surface area contributed by atoms with Crippen LogP contribution in [0.1, 0.15) is 31.1 Å². The van der Waals surface area contributed by atoms with Crippen molar-refractivity contribution in [3.05, 3.63) is 54.1 Å². The largest absolute Gasteiger partial charge is 0.494 e. The number of hydrogen-bond acceptors (Lipinski definition) is 6. The highest BCUT2D eigenvalue weighted by Gasteiger charge is 2.20. The van der Waals surface area contributed by atoms with Gasteiger partial charge in [0.2, 0.25) is 0 Å². The summed E-state index contributed by atoms with van der Waals surface area (Å²) in [5, 5.41) is 0. The predicted octanol–water partition coefficient (Wildman–Crippen LogP) is 2.06. The second-order valence-corrected chi connectivity index (χ2v) is 7.53. The number of sulfonamides is 1. The number of Topliss-reactive ketones (excluding diaryl/α,β-unsaturated/α-hetero) is 1. The second kappa shape index (κ2) is 9.34. The normalized spacial score (nSPS) is 12.1. The third kappa shape index (κ3) is 5.80. The highest BCUT2D eigenvalue weighted by atomic mass is 32.2. The number of ketones is 1. The van der Waals surface area contributed by atoms with E-state index in [2.05, 4.69) is 5.43 Å². The maximum Gasteiger partial charge on any atom is 0.275 e. The van der Waals surface area contributed by atoms with E-state index in [1.54, 1.807) is 24.3 Å². The number of nitrogens with one attached hydrogen (secondary N) is 2. The van der Waals surface area contributed by atoms with Crippen LogP contribution in [-0.4, -0.2) is 32.8 Å². The summed E-state index contributed by atoms with van der Waals surface area (Å²) in [6.45, 7) is 5.22. The number of hydrazine groups is 1. The molecular weight excluding hydrogens is 384 g/mol. The Kier molecular flexibility index (Phi) is 7.13. The number of ether oxygens (including phenoxy) is 2. The third-order valence-corrected chi connectivity index (χ3v) is 4.92. The van der Waals surface area contributed by atoms with Crippen molar-refractivity contribution in [1.29, 1.82) is 0 Å². The molecule has 2 aromatic rings. The first-order chi connectivity index (χ1) is 13.2. The van der Waals surface area contributed by atoms with Gasteiger partial charge in [-0.25, -0.2) is 8.42 Å². The van der Waals surface area contributed by atoms with E-state index in [-0.39, 0.29) is 16.2 Å². The van der Waals surface area contributed by atoms with Crippen LogP contribution in [0, 0.1) is 0 Å². The fourth-order valence-corrected chi connectivity index (χ4v) is 3.09. The maximum atomic E-state index is 12.3. The summed E-state index contributed by atoms with van der Waals surface area (Å²) in [6.07, 6.45) is -0.954. The van der Waals surface area contributed by atoms with Gasteiger partial charge in [-0.1, -0.05) is 12.1 Å². The van der Waals surface area contributed by atoms with Gasteiger partial charge in [0.1, 0.15) is 11.5 Å². The van der Waals surface area contributed by atoms with Crippen LogP contribution in [0.4, 0.5) is 0 Å². The van der Waals surface area contributed by atoms with Crippen LogP contribution in [-0.2, 0) is 14.8 Å². The Morgan fingerprint density at radius 3 is 2.32 bits per heavy atom. The first kappa shape index (κ1) is 21.4. The Morgan fingerprint density at radius 2 is 1.71 bits per heavy atom. The maximum absolute atomic E-state index is 12.3. The standard InChI is InChI=1S/C19H22N2O6S/c1-4-26-16-8-10-17(11-9-16)27-14(3)19(23)20-21-28(24,25)18-7-5-6-15(12-18)13(2)22/h5-12,14,21H,4H2,1-3H3,(H,20,23)/t14-/m0/s1. The Bertz CT molecular complexity index is 941. The summed E-state index contributed by atoms with van der Waals surface area (Å²) in [4.78, 5) is 25.4. The number of hydrogen-bond donors (Lipinski definition) is 2. The monoisotopic (exact) mass is 406 g/mol. The molecule has 2 N–H and O–H groups in total. The molecule has 0 fully saturated rings. The number of carbonyl (C=O) groups is 2. The van der Waals surface area contributed by atoms with Gasteiger partial charge in [-0.15, -0.1) is 4.83 Å². The fraction of sp³-hybridized carbons (Fsp3) is 0.263. The average Bonchev–Trinajstić information content (AvgIpc) is 2.68. The van der Waals surface area contributed by atoms with Crippen LogP contribution >= 0.6 is 0 Å². The molecule has 0 unspecified atom stereocenters. The van der Waals surface area contributed by atoms with Gasteiger partial charge in [-0.3, -0.25) is 15.0 Å². The van der Waals surface area contributed by atoms with E-state index in [0.29, 0.717) is 18.1 Å². The Hall–Kier alpha value is -2.91. The first-order valence-electron chi connectivity index (χ1n) is 8.55. The van der Waals surface area contributed by atoms with Crippen LogP contribution < -0.4 is 19.7 Å². The quantitative estimate of drug-likeness (QED) is 0.487. The molecule has 0 saturated heterocycles. The summed E-state index contributed by atoms with van der Waals surface area (Å²) in [7, 11) is -4.04. The highest BCUT2D eigenvalue weighted by Crippen LogP contribution is 2.18. The van der Waals surface area contributed by atoms with Gasteiger partial charge in [-0.2, -0.15) is 0 Å². The Labute approximate surface area is 163 Å². The van der Waals surface area contributed by atoms with E-state index in [4.69, 9.17) is 9.47 Å². The van der Waals surface area contributed by atoms with Gasteiger partial charge in [0.15, 0.2) is 11.9 Å². The minimum Gasteiger partial charge on any atom is -0.494 e. The molecule has 0 aromatic heterocycles. The summed E-state index contributed by atoms with van der Waals surface area (Å²) < 4.78 is 35.4. The SMILES string of the molecule is CCOc1ccc(O[C@@H](C)C(=O)NNS(=O)(=O)c2cccc(C(C)=O)c2)cc1. The molecule has 1 atom stereocenters. The molecule has 2 rings (SSSR count). The smallest absolute Gasteiger partial charge is 0.275 e. The summed E-state index contributed by atoms with van der Waals surface area (Å²) in [5.41, 5.74) is 2.36. The van der Waals surface area contributed by atoms with Gasteiger partial charge in [0, 0.05) is 5.56 Å². The molecule has 0 saturated carbocycles. The minimum atomic E-state index is -4.04. The van der Waals surface area contributed by atoms with E-state index >= 15 is 0 Å². The number of amides is 1. The van der Waals surface area contributed by atoms with Crippen LogP contribution in [0.2, 0.25) is 0 Å². The number of carbonyl (C=O) groups excluding carboxylic acids is 2. The molecule has 0 aliphatic rings. The fourth-order valence-electron chi connectivity index (χ4n) is 2.20.